The molecule has 25 heavy (non-hydrogen) atoms. The summed E-state index contributed by atoms with van der Waals surface area (Å²) in [5.74, 6) is 0.240. The van der Waals surface area contributed by atoms with Gasteiger partial charge in [0, 0.05) is 12.1 Å². The molecule has 2 aromatic rings. The summed E-state index contributed by atoms with van der Waals surface area (Å²) in [6.45, 7) is 4.80. The summed E-state index contributed by atoms with van der Waals surface area (Å²) in [4.78, 5) is 12.0. The van der Waals surface area contributed by atoms with E-state index in [4.69, 9.17) is 4.74 Å². The minimum atomic E-state index is -3.78. The second-order valence-corrected chi connectivity index (χ2v) is 7.00. The van der Waals surface area contributed by atoms with Gasteiger partial charge < -0.3 is 10.1 Å². The van der Waals surface area contributed by atoms with E-state index in [0.29, 0.717) is 30.2 Å². The summed E-state index contributed by atoms with van der Waals surface area (Å²) in [7, 11) is -3.78. The molecule has 7 heteroatoms. The Bertz CT molecular complexity index is 817. The fraction of sp³-hybridized carbons (Fsp3) is 0.278. The summed E-state index contributed by atoms with van der Waals surface area (Å²) in [6, 6.07) is 12.6. The summed E-state index contributed by atoms with van der Waals surface area (Å²) >= 11 is 0. The van der Waals surface area contributed by atoms with Crippen molar-refractivity contribution in [2.24, 2.45) is 0 Å². The number of benzene rings is 2. The van der Waals surface area contributed by atoms with Crippen molar-refractivity contribution in [2.75, 3.05) is 17.9 Å². The molecule has 0 radical (unpaired) electrons. The summed E-state index contributed by atoms with van der Waals surface area (Å²) < 4.78 is 33.0. The van der Waals surface area contributed by atoms with E-state index in [-0.39, 0.29) is 10.8 Å². The first-order valence-electron chi connectivity index (χ1n) is 8.10. The predicted molar refractivity (Wildman–Crippen MR) is 97.5 cm³/mol. The van der Waals surface area contributed by atoms with E-state index >= 15 is 0 Å². The topological polar surface area (TPSA) is 84.5 Å². The molecular weight excluding hydrogens is 340 g/mol. The molecule has 6 nitrogen and oxygen atoms in total. The quantitative estimate of drug-likeness (QED) is 0.756. The molecule has 0 aliphatic rings. The van der Waals surface area contributed by atoms with Crippen LogP contribution in [0.5, 0.6) is 5.75 Å². The lowest BCUT2D eigenvalue weighted by atomic mass is 10.2. The maximum absolute atomic E-state index is 12.5. The van der Waals surface area contributed by atoms with Crippen LogP contribution in [0.15, 0.2) is 53.4 Å². The zero-order valence-electron chi connectivity index (χ0n) is 14.3. The number of anilines is 1. The maximum Gasteiger partial charge on any atom is 0.262 e. The molecular formula is C18H22N2O4S. The summed E-state index contributed by atoms with van der Waals surface area (Å²) in [5, 5.41) is 2.75. The van der Waals surface area contributed by atoms with Crippen LogP contribution in [0.25, 0.3) is 0 Å². The van der Waals surface area contributed by atoms with Crippen molar-refractivity contribution in [1.29, 1.82) is 0 Å². The SMILES string of the molecule is CCCNC(=O)c1ccc(S(=O)(=O)Nc2ccccc2OCC)cc1. The molecule has 0 spiro atoms. The fourth-order valence-electron chi connectivity index (χ4n) is 2.16. The second kappa shape index (κ2) is 8.53. The predicted octanol–water partition coefficient (Wildman–Crippen LogP) is 3.03. The minimum absolute atomic E-state index is 0.0749. The highest BCUT2D eigenvalue weighted by Gasteiger charge is 2.17. The summed E-state index contributed by atoms with van der Waals surface area (Å²) in [6.07, 6.45) is 0.835. The third kappa shape index (κ3) is 4.96. The molecule has 2 rings (SSSR count). The van der Waals surface area contributed by atoms with E-state index in [0.717, 1.165) is 6.42 Å². The number of amides is 1. The van der Waals surface area contributed by atoms with Crippen LogP contribution in [-0.2, 0) is 10.0 Å². The molecule has 0 heterocycles. The van der Waals surface area contributed by atoms with Gasteiger partial charge in [0.2, 0.25) is 0 Å². The molecule has 0 saturated carbocycles. The third-order valence-electron chi connectivity index (χ3n) is 3.39. The van der Waals surface area contributed by atoms with Gasteiger partial charge in [0.15, 0.2) is 0 Å². The van der Waals surface area contributed by atoms with Crippen LogP contribution in [0, 0.1) is 0 Å². The Morgan fingerprint density at radius 2 is 1.72 bits per heavy atom. The van der Waals surface area contributed by atoms with Crippen molar-refractivity contribution in [3.8, 4) is 5.75 Å². The van der Waals surface area contributed by atoms with Gasteiger partial charge in [0.1, 0.15) is 5.75 Å². The molecule has 0 saturated heterocycles. The maximum atomic E-state index is 12.5. The first kappa shape index (κ1) is 18.8. The summed E-state index contributed by atoms with van der Waals surface area (Å²) in [5.41, 5.74) is 0.788. The first-order valence-corrected chi connectivity index (χ1v) is 9.59. The van der Waals surface area contributed by atoms with Gasteiger partial charge in [-0.3, -0.25) is 9.52 Å². The number of carbonyl (C=O) groups is 1. The number of nitrogens with one attached hydrogen (secondary N) is 2. The lowest BCUT2D eigenvalue weighted by molar-refractivity contribution is 0.0953. The smallest absolute Gasteiger partial charge is 0.262 e. The van der Waals surface area contributed by atoms with Crippen molar-refractivity contribution in [1.82, 2.24) is 5.32 Å². The van der Waals surface area contributed by atoms with Crippen molar-refractivity contribution in [3.05, 3.63) is 54.1 Å². The van der Waals surface area contributed by atoms with E-state index in [1.165, 1.54) is 24.3 Å². The van der Waals surface area contributed by atoms with Gasteiger partial charge in [-0.2, -0.15) is 0 Å². The number of hydrogen-bond acceptors (Lipinski definition) is 4. The molecule has 2 N–H and O–H groups in total. The Balaban J connectivity index is 2.19. The number of para-hydroxylation sites is 2. The molecule has 1 amide bonds. The van der Waals surface area contributed by atoms with Crippen LogP contribution in [-0.4, -0.2) is 27.5 Å². The molecule has 0 aliphatic carbocycles. The Kier molecular flexibility index (Phi) is 6.41. The molecule has 0 fully saturated rings. The average Bonchev–Trinajstić information content (AvgIpc) is 2.61. The van der Waals surface area contributed by atoms with Crippen LogP contribution in [0.3, 0.4) is 0 Å². The molecule has 0 atom stereocenters. The van der Waals surface area contributed by atoms with Gasteiger partial charge in [-0.25, -0.2) is 8.42 Å². The van der Waals surface area contributed by atoms with Crippen molar-refractivity contribution in [3.63, 3.8) is 0 Å². The van der Waals surface area contributed by atoms with Crippen LogP contribution in [0.4, 0.5) is 5.69 Å². The van der Waals surface area contributed by atoms with Crippen molar-refractivity contribution in [2.45, 2.75) is 25.2 Å². The van der Waals surface area contributed by atoms with E-state index in [1.807, 2.05) is 13.8 Å². The van der Waals surface area contributed by atoms with Gasteiger partial charge in [0.05, 0.1) is 17.2 Å². The number of hydrogen-bond donors (Lipinski definition) is 2. The van der Waals surface area contributed by atoms with Gasteiger partial charge >= 0.3 is 0 Å². The normalized spacial score (nSPS) is 11.0. The Hall–Kier alpha value is -2.54. The van der Waals surface area contributed by atoms with Gasteiger partial charge in [-0.15, -0.1) is 0 Å². The average molecular weight is 362 g/mol. The van der Waals surface area contributed by atoms with E-state index in [1.54, 1.807) is 24.3 Å². The van der Waals surface area contributed by atoms with Crippen LogP contribution >= 0.6 is 0 Å². The highest BCUT2D eigenvalue weighted by Crippen LogP contribution is 2.26. The van der Waals surface area contributed by atoms with Gasteiger partial charge in [-0.05, 0) is 49.7 Å². The fourth-order valence-corrected chi connectivity index (χ4v) is 3.23. The van der Waals surface area contributed by atoms with Gasteiger partial charge in [-0.1, -0.05) is 19.1 Å². The molecule has 0 bridgehead atoms. The lowest BCUT2D eigenvalue weighted by Gasteiger charge is -2.13. The zero-order chi connectivity index (χ0) is 18.3. The van der Waals surface area contributed by atoms with Crippen molar-refractivity contribution >= 4 is 21.6 Å². The first-order chi connectivity index (χ1) is 12.0. The van der Waals surface area contributed by atoms with E-state index in [2.05, 4.69) is 10.0 Å². The van der Waals surface area contributed by atoms with Gasteiger partial charge in [0.25, 0.3) is 15.9 Å². The highest BCUT2D eigenvalue weighted by molar-refractivity contribution is 7.92. The van der Waals surface area contributed by atoms with Crippen LogP contribution < -0.4 is 14.8 Å². The number of ether oxygens (including phenoxy) is 1. The van der Waals surface area contributed by atoms with E-state index < -0.39 is 10.0 Å². The van der Waals surface area contributed by atoms with Crippen LogP contribution in [0.2, 0.25) is 0 Å². The van der Waals surface area contributed by atoms with E-state index in [9.17, 15) is 13.2 Å². The largest absolute Gasteiger partial charge is 0.492 e. The number of carbonyl (C=O) groups excluding carboxylic acids is 1. The molecule has 0 aliphatic heterocycles. The standard InChI is InChI=1S/C18H22N2O4S/c1-3-13-19-18(21)14-9-11-15(12-10-14)25(22,23)20-16-7-5-6-8-17(16)24-4-2/h5-12,20H,3-4,13H2,1-2H3,(H,19,21). The Morgan fingerprint density at radius 1 is 1.04 bits per heavy atom. The number of rotatable bonds is 8. The minimum Gasteiger partial charge on any atom is -0.492 e. The molecule has 0 aromatic heterocycles. The number of sulfonamides is 1. The zero-order valence-corrected chi connectivity index (χ0v) is 15.1. The molecule has 0 unspecified atom stereocenters. The molecule has 2 aromatic carbocycles. The molecule has 134 valence electrons. The Labute approximate surface area is 148 Å². The Morgan fingerprint density at radius 3 is 2.36 bits per heavy atom. The van der Waals surface area contributed by atoms with Crippen molar-refractivity contribution < 1.29 is 17.9 Å². The monoisotopic (exact) mass is 362 g/mol. The third-order valence-corrected chi connectivity index (χ3v) is 4.77. The second-order valence-electron chi connectivity index (χ2n) is 5.31. The highest BCUT2D eigenvalue weighted by atomic mass is 32.2. The van der Waals surface area contributed by atoms with Crippen LogP contribution in [0.1, 0.15) is 30.6 Å². The lowest BCUT2D eigenvalue weighted by Crippen LogP contribution is -2.24.